The molecule has 0 radical (unpaired) electrons. The van der Waals surface area contributed by atoms with Gasteiger partial charge in [-0.3, -0.25) is 0 Å². The van der Waals surface area contributed by atoms with Crippen LogP contribution in [0.1, 0.15) is 19.4 Å². The van der Waals surface area contributed by atoms with Crippen molar-refractivity contribution in [1.82, 2.24) is 15.0 Å². The summed E-state index contributed by atoms with van der Waals surface area (Å²) in [5.41, 5.74) is 1.02. The lowest BCUT2D eigenvalue weighted by Gasteiger charge is -2.10. The molecule has 0 spiro atoms. The SMILES string of the molecule is CNc1nc(OCc2ccc(Br)cc2)nc(OC(C)C)n1. The topological polar surface area (TPSA) is 69.2 Å². The van der Waals surface area contributed by atoms with Gasteiger partial charge in [-0.25, -0.2) is 0 Å². The molecule has 1 aromatic carbocycles. The minimum absolute atomic E-state index is 0.0172. The fourth-order valence-electron chi connectivity index (χ4n) is 1.51. The van der Waals surface area contributed by atoms with E-state index in [1.165, 1.54) is 0 Å². The van der Waals surface area contributed by atoms with Crippen LogP contribution in [-0.2, 0) is 6.61 Å². The van der Waals surface area contributed by atoms with Gasteiger partial charge in [0.1, 0.15) is 6.61 Å². The van der Waals surface area contributed by atoms with Crippen molar-refractivity contribution in [3.8, 4) is 12.0 Å². The maximum absolute atomic E-state index is 5.60. The maximum Gasteiger partial charge on any atom is 0.324 e. The van der Waals surface area contributed by atoms with Crippen molar-refractivity contribution >= 4 is 21.9 Å². The first kappa shape index (κ1) is 15.5. The van der Waals surface area contributed by atoms with Crippen molar-refractivity contribution in [2.45, 2.75) is 26.6 Å². The van der Waals surface area contributed by atoms with Gasteiger partial charge in [0.15, 0.2) is 0 Å². The minimum atomic E-state index is -0.0172. The van der Waals surface area contributed by atoms with Crippen molar-refractivity contribution in [2.24, 2.45) is 0 Å². The first-order valence-corrected chi connectivity index (χ1v) is 7.34. The summed E-state index contributed by atoms with van der Waals surface area (Å²) in [4.78, 5) is 12.4. The Balaban J connectivity index is 2.09. The zero-order valence-electron chi connectivity index (χ0n) is 12.1. The number of benzene rings is 1. The molecule has 1 N–H and O–H groups in total. The molecular weight excluding hydrogens is 336 g/mol. The molecule has 7 heteroatoms. The third-order valence-electron chi connectivity index (χ3n) is 2.44. The number of halogens is 1. The molecule has 1 heterocycles. The standard InChI is InChI=1S/C14H17BrN4O2/c1-9(2)21-14-18-12(16-3)17-13(19-14)20-8-10-4-6-11(15)7-5-10/h4-7,9H,8H2,1-3H3,(H,16,17,18,19). The van der Waals surface area contributed by atoms with Crippen LogP contribution in [0.15, 0.2) is 28.7 Å². The zero-order valence-corrected chi connectivity index (χ0v) is 13.7. The van der Waals surface area contributed by atoms with Gasteiger partial charge in [0.2, 0.25) is 5.95 Å². The number of anilines is 1. The second kappa shape index (κ2) is 7.21. The maximum atomic E-state index is 5.60. The number of hydrogen-bond donors (Lipinski definition) is 1. The van der Waals surface area contributed by atoms with Crippen LogP contribution in [0.5, 0.6) is 12.0 Å². The number of rotatable bonds is 6. The Hall–Kier alpha value is -1.89. The molecule has 0 saturated carbocycles. The molecule has 0 fully saturated rings. The molecule has 0 amide bonds. The lowest BCUT2D eigenvalue weighted by molar-refractivity contribution is 0.211. The van der Waals surface area contributed by atoms with Crippen LogP contribution in [0.25, 0.3) is 0 Å². The summed E-state index contributed by atoms with van der Waals surface area (Å²) in [6.07, 6.45) is -0.0172. The molecular formula is C14H17BrN4O2. The van der Waals surface area contributed by atoms with E-state index in [4.69, 9.17) is 9.47 Å². The van der Waals surface area contributed by atoms with Gasteiger partial charge in [-0.05, 0) is 31.5 Å². The minimum Gasteiger partial charge on any atom is -0.461 e. The average Bonchev–Trinajstić information content (AvgIpc) is 2.45. The summed E-state index contributed by atoms with van der Waals surface area (Å²) in [6, 6.07) is 8.32. The van der Waals surface area contributed by atoms with Crippen LogP contribution in [0, 0.1) is 0 Å². The van der Waals surface area contributed by atoms with Gasteiger partial charge in [0.05, 0.1) is 6.10 Å². The van der Waals surface area contributed by atoms with E-state index in [0.717, 1.165) is 10.0 Å². The summed E-state index contributed by atoms with van der Waals surface area (Å²) in [7, 11) is 1.73. The van der Waals surface area contributed by atoms with Gasteiger partial charge >= 0.3 is 12.0 Å². The molecule has 21 heavy (non-hydrogen) atoms. The summed E-state index contributed by atoms with van der Waals surface area (Å²) in [5.74, 6) is 0.409. The molecule has 0 unspecified atom stereocenters. The van der Waals surface area contributed by atoms with E-state index >= 15 is 0 Å². The van der Waals surface area contributed by atoms with E-state index in [-0.39, 0.29) is 18.1 Å². The van der Waals surface area contributed by atoms with Gasteiger partial charge in [-0.1, -0.05) is 28.1 Å². The van der Waals surface area contributed by atoms with Gasteiger partial charge < -0.3 is 14.8 Å². The molecule has 112 valence electrons. The van der Waals surface area contributed by atoms with Crippen LogP contribution in [0.3, 0.4) is 0 Å². The molecule has 0 aliphatic rings. The molecule has 0 saturated heterocycles. The highest BCUT2D eigenvalue weighted by Crippen LogP contribution is 2.16. The van der Waals surface area contributed by atoms with E-state index in [0.29, 0.717) is 12.6 Å². The number of hydrogen-bond acceptors (Lipinski definition) is 6. The highest BCUT2D eigenvalue weighted by Gasteiger charge is 2.09. The number of ether oxygens (including phenoxy) is 2. The predicted molar refractivity (Wildman–Crippen MR) is 83.6 cm³/mol. The van der Waals surface area contributed by atoms with Crippen molar-refractivity contribution in [1.29, 1.82) is 0 Å². The van der Waals surface area contributed by atoms with Gasteiger partial charge in [0.25, 0.3) is 0 Å². The molecule has 0 atom stereocenters. The number of aromatic nitrogens is 3. The van der Waals surface area contributed by atoms with Crippen LogP contribution < -0.4 is 14.8 Å². The van der Waals surface area contributed by atoms with Crippen LogP contribution in [-0.4, -0.2) is 28.1 Å². The number of nitrogens with zero attached hydrogens (tertiary/aromatic N) is 3. The van der Waals surface area contributed by atoms with Crippen LogP contribution in [0.2, 0.25) is 0 Å². The van der Waals surface area contributed by atoms with Crippen molar-refractivity contribution < 1.29 is 9.47 Å². The molecule has 2 rings (SSSR count). The molecule has 1 aromatic heterocycles. The van der Waals surface area contributed by atoms with E-state index in [1.807, 2.05) is 38.1 Å². The van der Waals surface area contributed by atoms with Crippen molar-refractivity contribution in [3.05, 3.63) is 34.3 Å². The fourth-order valence-corrected chi connectivity index (χ4v) is 1.77. The molecule has 0 aliphatic carbocycles. The molecule has 0 aliphatic heterocycles. The summed E-state index contributed by atoms with van der Waals surface area (Å²) in [5, 5.41) is 2.86. The lowest BCUT2D eigenvalue weighted by atomic mass is 10.2. The third-order valence-corrected chi connectivity index (χ3v) is 2.97. The van der Waals surface area contributed by atoms with Gasteiger partial charge in [-0.2, -0.15) is 9.97 Å². The zero-order chi connectivity index (χ0) is 15.2. The Labute approximate surface area is 132 Å². The van der Waals surface area contributed by atoms with Gasteiger partial charge in [-0.15, -0.1) is 4.98 Å². The summed E-state index contributed by atoms with van der Waals surface area (Å²) < 4.78 is 12.1. The van der Waals surface area contributed by atoms with E-state index in [2.05, 4.69) is 36.2 Å². The third kappa shape index (κ3) is 4.86. The first-order chi connectivity index (χ1) is 10.1. The average molecular weight is 353 g/mol. The Morgan fingerprint density at radius 1 is 1.10 bits per heavy atom. The first-order valence-electron chi connectivity index (χ1n) is 6.54. The van der Waals surface area contributed by atoms with Crippen LogP contribution in [0.4, 0.5) is 5.95 Å². The van der Waals surface area contributed by atoms with E-state index in [1.54, 1.807) is 7.05 Å². The van der Waals surface area contributed by atoms with Crippen LogP contribution >= 0.6 is 15.9 Å². The van der Waals surface area contributed by atoms with E-state index in [9.17, 15) is 0 Å². The van der Waals surface area contributed by atoms with E-state index < -0.39 is 0 Å². The number of nitrogens with one attached hydrogen (secondary N) is 1. The predicted octanol–water partition coefficient (Wildman–Crippen LogP) is 3.04. The second-order valence-electron chi connectivity index (χ2n) is 4.56. The Kier molecular flexibility index (Phi) is 5.32. The largest absolute Gasteiger partial charge is 0.461 e. The lowest BCUT2D eigenvalue weighted by Crippen LogP contribution is -2.11. The molecule has 2 aromatic rings. The molecule has 6 nitrogen and oxygen atoms in total. The second-order valence-corrected chi connectivity index (χ2v) is 5.47. The van der Waals surface area contributed by atoms with Gasteiger partial charge in [0, 0.05) is 11.5 Å². The smallest absolute Gasteiger partial charge is 0.324 e. The van der Waals surface area contributed by atoms with Crippen molar-refractivity contribution in [2.75, 3.05) is 12.4 Å². The fraction of sp³-hybridized carbons (Fsp3) is 0.357. The Morgan fingerprint density at radius 2 is 1.76 bits per heavy atom. The summed E-state index contributed by atoms with van der Waals surface area (Å²) >= 11 is 3.39. The van der Waals surface area contributed by atoms with Crippen molar-refractivity contribution in [3.63, 3.8) is 0 Å². The highest BCUT2D eigenvalue weighted by atomic mass is 79.9. The molecule has 0 bridgehead atoms. The quantitative estimate of drug-likeness (QED) is 0.861. The Bertz CT molecular complexity index is 590. The summed E-state index contributed by atoms with van der Waals surface area (Å²) in [6.45, 7) is 4.19. The Morgan fingerprint density at radius 3 is 2.38 bits per heavy atom. The highest BCUT2D eigenvalue weighted by molar-refractivity contribution is 9.10. The normalized spacial score (nSPS) is 10.5. The monoisotopic (exact) mass is 352 g/mol.